The van der Waals surface area contributed by atoms with Gasteiger partial charge in [-0.1, -0.05) is 6.42 Å². The van der Waals surface area contributed by atoms with Gasteiger partial charge in [0.25, 0.3) is 0 Å². The van der Waals surface area contributed by atoms with Gasteiger partial charge in [0.05, 0.1) is 11.8 Å². The van der Waals surface area contributed by atoms with Crippen LogP contribution < -0.4 is 0 Å². The maximum atomic E-state index is 11.7. The van der Waals surface area contributed by atoms with E-state index in [1.165, 1.54) is 6.26 Å². The first-order chi connectivity index (χ1) is 7.89. The van der Waals surface area contributed by atoms with Gasteiger partial charge in [0.1, 0.15) is 0 Å². The van der Waals surface area contributed by atoms with Crippen LogP contribution in [-0.2, 0) is 14.6 Å². The molecule has 0 bridgehead atoms. The second kappa shape index (κ2) is 4.57. The lowest BCUT2D eigenvalue weighted by molar-refractivity contribution is -0.139. The minimum atomic E-state index is -3.07. The van der Waals surface area contributed by atoms with Gasteiger partial charge >= 0.3 is 5.97 Å². The normalized spacial score (nSPS) is 29.8. The summed E-state index contributed by atoms with van der Waals surface area (Å²) < 4.78 is 23.4. The van der Waals surface area contributed by atoms with Gasteiger partial charge in [0.15, 0.2) is 9.84 Å². The van der Waals surface area contributed by atoms with E-state index in [0.29, 0.717) is 12.5 Å². The third-order valence-corrected chi connectivity index (χ3v) is 5.38. The summed E-state index contributed by atoms with van der Waals surface area (Å²) in [5, 5.41) is 8.55. The highest BCUT2D eigenvalue weighted by Crippen LogP contribution is 2.36. The first-order valence-electron chi connectivity index (χ1n) is 6.06. The molecule has 0 aromatic carbocycles. The van der Waals surface area contributed by atoms with E-state index in [4.69, 9.17) is 5.11 Å². The van der Waals surface area contributed by atoms with Gasteiger partial charge in [-0.05, 0) is 25.7 Å². The lowest BCUT2D eigenvalue weighted by atomic mass is 10.2. The van der Waals surface area contributed by atoms with Crippen LogP contribution in [0.4, 0.5) is 0 Å². The van der Waals surface area contributed by atoms with E-state index in [0.717, 1.165) is 25.7 Å². The molecule has 0 heterocycles. The molecule has 2 atom stereocenters. The number of carbonyl (C=O) groups is 1. The maximum Gasteiger partial charge on any atom is 0.317 e. The summed E-state index contributed by atoms with van der Waals surface area (Å²) in [6.07, 6.45) is 5.63. The number of sulfone groups is 1. The third kappa shape index (κ3) is 2.98. The van der Waals surface area contributed by atoms with E-state index < -0.39 is 15.8 Å². The van der Waals surface area contributed by atoms with Crippen LogP contribution in [0.3, 0.4) is 0 Å². The van der Waals surface area contributed by atoms with Crippen molar-refractivity contribution in [2.45, 2.75) is 49.4 Å². The highest BCUT2D eigenvalue weighted by molar-refractivity contribution is 7.91. The van der Waals surface area contributed by atoms with Crippen LogP contribution >= 0.6 is 0 Å². The first kappa shape index (κ1) is 12.8. The van der Waals surface area contributed by atoms with Crippen LogP contribution in [-0.4, -0.2) is 54.5 Å². The van der Waals surface area contributed by atoms with Crippen molar-refractivity contribution in [2.75, 3.05) is 12.8 Å². The Bertz CT molecular complexity index is 402. The zero-order valence-electron chi connectivity index (χ0n) is 10.0. The largest absolute Gasteiger partial charge is 0.480 e. The van der Waals surface area contributed by atoms with Crippen LogP contribution in [0.1, 0.15) is 32.1 Å². The number of hydrogen-bond acceptors (Lipinski definition) is 4. The summed E-state index contributed by atoms with van der Waals surface area (Å²) in [5.41, 5.74) is 0. The number of nitrogens with zero attached hydrogens (tertiary/aromatic N) is 1. The van der Waals surface area contributed by atoms with Gasteiger partial charge < -0.3 is 5.11 Å². The van der Waals surface area contributed by atoms with Crippen LogP contribution in [0.5, 0.6) is 0 Å². The topological polar surface area (TPSA) is 74.7 Å². The van der Waals surface area contributed by atoms with E-state index in [-0.39, 0.29) is 17.8 Å². The quantitative estimate of drug-likeness (QED) is 0.780. The molecule has 2 aliphatic rings. The monoisotopic (exact) mass is 261 g/mol. The SMILES string of the molecule is CS(=O)(=O)C1CCCC1N(CC(=O)O)C1CC1. The molecule has 0 saturated heterocycles. The molecule has 5 nitrogen and oxygen atoms in total. The fourth-order valence-electron chi connectivity index (χ4n) is 2.86. The molecule has 2 unspecified atom stereocenters. The van der Waals surface area contributed by atoms with E-state index in [1.807, 2.05) is 4.90 Å². The van der Waals surface area contributed by atoms with Gasteiger partial charge in [-0.25, -0.2) is 8.42 Å². The van der Waals surface area contributed by atoms with Gasteiger partial charge in [-0.3, -0.25) is 9.69 Å². The summed E-state index contributed by atoms with van der Waals surface area (Å²) >= 11 is 0. The molecular formula is C11H19NO4S. The van der Waals surface area contributed by atoms with Crippen molar-refractivity contribution >= 4 is 15.8 Å². The zero-order valence-corrected chi connectivity index (χ0v) is 10.8. The molecule has 17 heavy (non-hydrogen) atoms. The van der Waals surface area contributed by atoms with Crippen molar-refractivity contribution in [1.82, 2.24) is 4.90 Å². The van der Waals surface area contributed by atoms with Crippen molar-refractivity contribution in [3.8, 4) is 0 Å². The molecule has 0 aromatic rings. The predicted molar refractivity (Wildman–Crippen MR) is 63.6 cm³/mol. The third-order valence-electron chi connectivity index (χ3n) is 3.73. The van der Waals surface area contributed by atoms with E-state index in [9.17, 15) is 13.2 Å². The second-order valence-corrected chi connectivity index (χ2v) is 7.43. The molecule has 0 spiro atoms. The molecule has 2 aliphatic carbocycles. The Kier molecular flexibility index (Phi) is 3.45. The van der Waals surface area contributed by atoms with Gasteiger partial charge in [0, 0.05) is 18.3 Å². The maximum absolute atomic E-state index is 11.7. The Morgan fingerprint density at radius 3 is 2.41 bits per heavy atom. The number of rotatable bonds is 5. The fraction of sp³-hybridized carbons (Fsp3) is 0.909. The molecule has 0 radical (unpaired) electrons. The van der Waals surface area contributed by atoms with Gasteiger partial charge in [-0.2, -0.15) is 0 Å². The van der Waals surface area contributed by atoms with Crippen molar-refractivity contribution in [1.29, 1.82) is 0 Å². The lowest BCUT2D eigenvalue weighted by Crippen LogP contribution is -2.47. The molecule has 0 aromatic heterocycles. The minimum absolute atomic E-state index is 0.0264. The van der Waals surface area contributed by atoms with E-state index in [2.05, 4.69) is 0 Å². The standard InChI is InChI=1S/C11H19NO4S/c1-17(15,16)10-4-2-3-9(10)12(7-11(13)14)8-5-6-8/h8-10H,2-7H2,1H3,(H,13,14). The van der Waals surface area contributed by atoms with Crippen LogP contribution in [0.15, 0.2) is 0 Å². The highest BCUT2D eigenvalue weighted by atomic mass is 32.2. The molecule has 0 amide bonds. The minimum Gasteiger partial charge on any atom is -0.480 e. The first-order valence-corrected chi connectivity index (χ1v) is 8.01. The molecule has 6 heteroatoms. The number of aliphatic carboxylic acids is 1. The van der Waals surface area contributed by atoms with Crippen LogP contribution in [0.25, 0.3) is 0 Å². The molecular weight excluding hydrogens is 242 g/mol. The van der Waals surface area contributed by atoms with E-state index >= 15 is 0 Å². The van der Waals surface area contributed by atoms with Crippen molar-refractivity contribution in [3.63, 3.8) is 0 Å². The van der Waals surface area contributed by atoms with E-state index in [1.54, 1.807) is 0 Å². The molecule has 0 aliphatic heterocycles. The van der Waals surface area contributed by atoms with Gasteiger partial charge in [0.2, 0.25) is 0 Å². The smallest absolute Gasteiger partial charge is 0.317 e. The Balaban J connectivity index is 2.14. The molecule has 2 saturated carbocycles. The predicted octanol–water partition coefficient (Wildman–Crippen LogP) is 0.501. The summed E-state index contributed by atoms with van der Waals surface area (Å²) in [4.78, 5) is 12.8. The lowest BCUT2D eigenvalue weighted by Gasteiger charge is -2.31. The average Bonchev–Trinajstić information content (AvgIpc) is 2.89. The average molecular weight is 261 g/mol. The second-order valence-electron chi connectivity index (χ2n) is 5.16. The van der Waals surface area contributed by atoms with Crippen LogP contribution in [0, 0.1) is 0 Å². The highest BCUT2D eigenvalue weighted by Gasteiger charge is 2.44. The van der Waals surface area contributed by atoms with Gasteiger partial charge in [-0.15, -0.1) is 0 Å². The molecule has 2 fully saturated rings. The molecule has 2 rings (SSSR count). The summed E-state index contributed by atoms with van der Waals surface area (Å²) in [7, 11) is -3.07. The zero-order chi connectivity index (χ0) is 12.6. The van der Waals surface area contributed by atoms with Crippen molar-refractivity contribution in [2.24, 2.45) is 0 Å². The van der Waals surface area contributed by atoms with Crippen LogP contribution in [0.2, 0.25) is 0 Å². The summed E-state index contributed by atoms with van der Waals surface area (Å²) in [6.45, 7) is -0.0264. The summed E-state index contributed by atoms with van der Waals surface area (Å²) in [5.74, 6) is -0.865. The Labute approximate surface area is 102 Å². The van der Waals surface area contributed by atoms with Crippen molar-refractivity contribution < 1.29 is 18.3 Å². The molecule has 1 N–H and O–H groups in total. The summed E-state index contributed by atoms with van der Waals surface area (Å²) in [6, 6.07) is 0.201. The Morgan fingerprint density at radius 1 is 1.29 bits per heavy atom. The Morgan fingerprint density at radius 2 is 1.94 bits per heavy atom. The number of carboxylic acids is 1. The number of carboxylic acid groups (broad SMARTS) is 1. The molecule has 98 valence electrons. The van der Waals surface area contributed by atoms with Crippen molar-refractivity contribution in [3.05, 3.63) is 0 Å². The number of hydrogen-bond donors (Lipinski definition) is 1. The fourth-order valence-corrected chi connectivity index (χ4v) is 4.32. The Hall–Kier alpha value is -0.620.